The molecule has 0 spiro atoms. The average Bonchev–Trinajstić information content (AvgIpc) is 2.76. The van der Waals surface area contributed by atoms with Gasteiger partial charge in [0.15, 0.2) is 5.75 Å². The summed E-state index contributed by atoms with van der Waals surface area (Å²) in [6.45, 7) is 2.23. The Kier molecular flexibility index (Phi) is 6.13. The highest BCUT2D eigenvalue weighted by Crippen LogP contribution is 2.29. The van der Waals surface area contributed by atoms with Crippen molar-refractivity contribution in [3.05, 3.63) is 93.4 Å². The number of nitrogens with one attached hydrogen (secondary N) is 1. The molecule has 4 aromatic rings. The van der Waals surface area contributed by atoms with Crippen molar-refractivity contribution in [1.29, 1.82) is 0 Å². The van der Waals surface area contributed by atoms with Crippen LogP contribution in [-0.4, -0.2) is 15.5 Å². The predicted octanol–water partition coefficient (Wildman–Crippen LogP) is 5.29. The SMILES string of the molecule is Cc1ccc(Oc2ccccc2NC(=O)CCn2cnc3ccc(Br)cc3c2=O)cc1. The molecule has 0 aliphatic heterocycles. The van der Waals surface area contributed by atoms with Gasteiger partial charge in [-0.05, 0) is 49.4 Å². The highest BCUT2D eigenvalue weighted by molar-refractivity contribution is 9.10. The molecule has 6 nitrogen and oxygen atoms in total. The molecule has 0 aliphatic rings. The second-order valence-electron chi connectivity index (χ2n) is 7.11. The summed E-state index contributed by atoms with van der Waals surface area (Å²) in [5.74, 6) is 1.02. The van der Waals surface area contributed by atoms with Crippen molar-refractivity contribution in [2.75, 3.05) is 5.32 Å². The number of aromatic nitrogens is 2. The van der Waals surface area contributed by atoms with Crippen LogP contribution in [0, 0.1) is 6.92 Å². The van der Waals surface area contributed by atoms with E-state index in [9.17, 15) is 9.59 Å². The van der Waals surface area contributed by atoms with E-state index in [0.29, 0.717) is 28.1 Å². The Morgan fingerprint density at radius 2 is 1.87 bits per heavy atom. The first-order chi connectivity index (χ1) is 15.0. The summed E-state index contributed by atoms with van der Waals surface area (Å²) in [5, 5.41) is 3.38. The molecule has 1 heterocycles. The fraction of sp³-hybridized carbons (Fsp3) is 0.125. The summed E-state index contributed by atoms with van der Waals surface area (Å²) in [6, 6.07) is 20.3. The number of aryl methyl sites for hydroxylation is 2. The molecule has 0 saturated carbocycles. The summed E-state index contributed by atoms with van der Waals surface area (Å²) >= 11 is 3.37. The predicted molar refractivity (Wildman–Crippen MR) is 125 cm³/mol. The number of carbonyl (C=O) groups is 1. The van der Waals surface area contributed by atoms with Gasteiger partial charge in [0.25, 0.3) is 5.56 Å². The van der Waals surface area contributed by atoms with E-state index in [0.717, 1.165) is 10.0 Å². The number of anilines is 1. The van der Waals surface area contributed by atoms with Gasteiger partial charge in [-0.1, -0.05) is 45.8 Å². The number of halogens is 1. The molecular formula is C24H20BrN3O3. The monoisotopic (exact) mass is 477 g/mol. The Bertz CT molecular complexity index is 1300. The number of para-hydroxylation sites is 2. The summed E-state index contributed by atoms with van der Waals surface area (Å²) in [7, 11) is 0. The lowest BCUT2D eigenvalue weighted by molar-refractivity contribution is -0.116. The molecule has 4 rings (SSSR count). The number of fused-ring (bicyclic) bond motifs is 1. The van der Waals surface area contributed by atoms with Crippen LogP contribution >= 0.6 is 15.9 Å². The molecule has 31 heavy (non-hydrogen) atoms. The first-order valence-electron chi connectivity index (χ1n) is 9.78. The zero-order valence-electron chi connectivity index (χ0n) is 16.8. The third-order valence-electron chi connectivity index (χ3n) is 4.78. The van der Waals surface area contributed by atoms with Gasteiger partial charge in [0.2, 0.25) is 5.91 Å². The van der Waals surface area contributed by atoms with Crippen molar-refractivity contribution in [3.63, 3.8) is 0 Å². The minimum absolute atomic E-state index is 0.125. The minimum atomic E-state index is -0.221. The number of nitrogens with zero attached hydrogens (tertiary/aromatic N) is 2. The van der Waals surface area contributed by atoms with Crippen LogP contribution in [0.1, 0.15) is 12.0 Å². The number of hydrogen-bond acceptors (Lipinski definition) is 4. The van der Waals surface area contributed by atoms with Crippen molar-refractivity contribution in [2.24, 2.45) is 0 Å². The Balaban J connectivity index is 1.45. The van der Waals surface area contributed by atoms with Crippen molar-refractivity contribution in [1.82, 2.24) is 9.55 Å². The van der Waals surface area contributed by atoms with Gasteiger partial charge in [-0.2, -0.15) is 0 Å². The molecule has 156 valence electrons. The van der Waals surface area contributed by atoms with Gasteiger partial charge in [0.1, 0.15) is 5.75 Å². The lowest BCUT2D eigenvalue weighted by Crippen LogP contribution is -2.23. The number of benzene rings is 3. The van der Waals surface area contributed by atoms with E-state index >= 15 is 0 Å². The van der Waals surface area contributed by atoms with Gasteiger partial charge < -0.3 is 10.1 Å². The summed E-state index contributed by atoms with van der Waals surface area (Å²) in [4.78, 5) is 29.5. The molecule has 1 N–H and O–H groups in total. The van der Waals surface area contributed by atoms with Gasteiger partial charge in [-0.25, -0.2) is 4.98 Å². The van der Waals surface area contributed by atoms with Crippen LogP contribution in [0.2, 0.25) is 0 Å². The van der Waals surface area contributed by atoms with Crippen LogP contribution in [-0.2, 0) is 11.3 Å². The highest BCUT2D eigenvalue weighted by atomic mass is 79.9. The third kappa shape index (κ3) is 5.00. The van der Waals surface area contributed by atoms with Gasteiger partial charge >= 0.3 is 0 Å². The molecule has 0 radical (unpaired) electrons. The van der Waals surface area contributed by atoms with Gasteiger partial charge in [0.05, 0.1) is 22.9 Å². The first-order valence-corrected chi connectivity index (χ1v) is 10.6. The van der Waals surface area contributed by atoms with E-state index in [1.807, 2.05) is 49.4 Å². The van der Waals surface area contributed by atoms with Crippen LogP contribution in [0.4, 0.5) is 5.69 Å². The lowest BCUT2D eigenvalue weighted by atomic mass is 10.2. The molecule has 0 saturated heterocycles. The Morgan fingerprint density at radius 3 is 2.68 bits per heavy atom. The summed E-state index contributed by atoms with van der Waals surface area (Å²) in [6.07, 6.45) is 1.60. The van der Waals surface area contributed by atoms with Crippen molar-refractivity contribution < 1.29 is 9.53 Å². The zero-order valence-corrected chi connectivity index (χ0v) is 18.4. The van der Waals surface area contributed by atoms with Crippen molar-refractivity contribution in [2.45, 2.75) is 19.9 Å². The minimum Gasteiger partial charge on any atom is -0.455 e. The number of rotatable bonds is 6. The van der Waals surface area contributed by atoms with E-state index < -0.39 is 0 Å². The summed E-state index contributed by atoms with van der Waals surface area (Å²) in [5.41, 5.74) is 2.15. The smallest absolute Gasteiger partial charge is 0.261 e. The lowest BCUT2D eigenvalue weighted by Gasteiger charge is -2.13. The second-order valence-corrected chi connectivity index (χ2v) is 8.03. The number of carbonyl (C=O) groups excluding carboxylic acids is 1. The van der Waals surface area contributed by atoms with E-state index in [1.165, 1.54) is 10.9 Å². The number of ether oxygens (including phenoxy) is 1. The standard InChI is InChI=1S/C24H20BrN3O3/c1-16-6-9-18(10-7-16)31-22-5-3-2-4-21(22)27-23(29)12-13-28-15-26-20-11-8-17(25)14-19(20)24(28)30/h2-11,14-15H,12-13H2,1H3,(H,27,29). The normalized spacial score (nSPS) is 10.8. The van der Waals surface area contributed by atoms with E-state index in [4.69, 9.17) is 4.74 Å². The maximum Gasteiger partial charge on any atom is 0.261 e. The molecule has 0 unspecified atom stereocenters. The molecule has 0 aliphatic carbocycles. The van der Waals surface area contributed by atoms with E-state index in [2.05, 4.69) is 26.2 Å². The molecule has 0 bridgehead atoms. The molecule has 3 aromatic carbocycles. The summed E-state index contributed by atoms with van der Waals surface area (Å²) < 4.78 is 8.17. The van der Waals surface area contributed by atoms with Gasteiger partial charge in [0, 0.05) is 17.4 Å². The Labute approximate surface area is 187 Å². The van der Waals surface area contributed by atoms with Crippen molar-refractivity contribution in [3.8, 4) is 11.5 Å². The van der Waals surface area contributed by atoms with Crippen molar-refractivity contribution >= 4 is 38.4 Å². The van der Waals surface area contributed by atoms with Gasteiger partial charge in [-0.15, -0.1) is 0 Å². The Morgan fingerprint density at radius 1 is 1.10 bits per heavy atom. The zero-order chi connectivity index (χ0) is 21.8. The Hall–Kier alpha value is -3.45. The topological polar surface area (TPSA) is 73.2 Å². The molecular weight excluding hydrogens is 458 g/mol. The largest absolute Gasteiger partial charge is 0.455 e. The second kappa shape index (κ2) is 9.14. The van der Waals surface area contributed by atoms with Gasteiger partial charge in [-0.3, -0.25) is 14.2 Å². The number of amides is 1. The first kappa shape index (κ1) is 20.8. The quantitative estimate of drug-likeness (QED) is 0.409. The number of hydrogen-bond donors (Lipinski definition) is 1. The molecule has 0 fully saturated rings. The fourth-order valence-electron chi connectivity index (χ4n) is 3.12. The molecule has 7 heteroatoms. The maximum absolute atomic E-state index is 12.7. The third-order valence-corrected chi connectivity index (χ3v) is 5.27. The molecule has 1 amide bonds. The molecule has 1 aromatic heterocycles. The van der Waals surface area contributed by atoms with E-state index in [-0.39, 0.29) is 24.4 Å². The highest BCUT2D eigenvalue weighted by Gasteiger charge is 2.10. The van der Waals surface area contributed by atoms with Crippen LogP contribution in [0.5, 0.6) is 11.5 Å². The fourth-order valence-corrected chi connectivity index (χ4v) is 3.48. The van der Waals surface area contributed by atoms with Crippen LogP contribution < -0.4 is 15.6 Å². The maximum atomic E-state index is 12.7. The average molecular weight is 478 g/mol. The van der Waals surface area contributed by atoms with Crippen LogP contribution in [0.25, 0.3) is 10.9 Å². The van der Waals surface area contributed by atoms with Crippen LogP contribution in [0.3, 0.4) is 0 Å². The molecule has 0 atom stereocenters. The van der Waals surface area contributed by atoms with Crippen LogP contribution in [0.15, 0.2) is 82.3 Å². The van der Waals surface area contributed by atoms with E-state index in [1.54, 1.807) is 24.3 Å².